The molecule has 0 saturated heterocycles. The molecule has 2 heterocycles. The van der Waals surface area contributed by atoms with Crippen LogP contribution in [0.2, 0.25) is 0 Å². The Morgan fingerprint density at radius 1 is 1.03 bits per heavy atom. The van der Waals surface area contributed by atoms with Gasteiger partial charge in [-0.05, 0) is 49.2 Å². The highest BCUT2D eigenvalue weighted by Crippen LogP contribution is 2.21. The van der Waals surface area contributed by atoms with Crippen molar-refractivity contribution in [1.82, 2.24) is 9.55 Å². The van der Waals surface area contributed by atoms with Crippen molar-refractivity contribution in [2.24, 2.45) is 0 Å². The van der Waals surface area contributed by atoms with E-state index in [2.05, 4.69) is 10.3 Å². The van der Waals surface area contributed by atoms with E-state index >= 15 is 0 Å². The number of carbonyl (C=O) groups is 1. The number of nitrogens with one attached hydrogen (secondary N) is 1. The number of pyridine rings is 2. The highest BCUT2D eigenvalue weighted by Gasteiger charge is 2.18. The summed E-state index contributed by atoms with van der Waals surface area (Å²) in [6, 6.07) is 17.0. The highest BCUT2D eigenvalue weighted by molar-refractivity contribution is 6.06. The molecule has 1 amide bonds. The molecule has 150 valence electrons. The van der Waals surface area contributed by atoms with Gasteiger partial charge in [0.25, 0.3) is 11.5 Å². The zero-order chi connectivity index (χ0) is 21.3. The zero-order valence-electron chi connectivity index (χ0n) is 16.6. The van der Waals surface area contributed by atoms with E-state index in [-0.39, 0.29) is 12.1 Å². The van der Waals surface area contributed by atoms with Crippen LogP contribution in [-0.4, -0.2) is 15.5 Å². The number of hydrogen-bond acceptors (Lipinski definition) is 3. The number of carbonyl (C=O) groups excluding carboxylic acids is 1. The summed E-state index contributed by atoms with van der Waals surface area (Å²) in [7, 11) is 0. The molecule has 6 heteroatoms. The summed E-state index contributed by atoms with van der Waals surface area (Å²) in [4.78, 5) is 30.6. The number of amides is 1. The van der Waals surface area contributed by atoms with E-state index in [1.54, 1.807) is 36.5 Å². The van der Waals surface area contributed by atoms with E-state index in [0.717, 1.165) is 11.1 Å². The minimum Gasteiger partial charge on any atom is -0.321 e. The number of halogens is 1. The van der Waals surface area contributed by atoms with Crippen LogP contribution in [0, 0.1) is 19.7 Å². The molecule has 0 aliphatic heterocycles. The van der Waals surface area contributed by atoms with E-state index < -0.39 is 17.3 Å². The van der Waals surface area contributed by atoms with Crippen molar-refractivity contribution in [2.45, 2.75) is 20.4 Å². The topological polar surface area (TPSA) is 64.0 Å². The van der Waals surface area contributed by atoms with Crippen LogP contribution in [0.25, 0.3) is 11.0 Å². The molecule has 0 atom stereocenters. The number of aryl methyl sites for hydroxylation is 2. The first-order chi connectivity index (χ1) is 14.5. The maximum absolute atomic E-state index is 14.2. The van der Waals surface area contributed by atoms with Crippen LogP contribution < -0.4 is 10.9 Å². The fourth-order valence-corrected chi connectivity index (χ4v) is 3.51. The minimum absolute atomic E-state index is 0.0190. The van der Waals surface area contributed by atoms with Gasteiger partial charge in [-0.15, -0.1) is 0 Å². The Bertz CT molecular complexity index is 1310. The van der Waals surface area contributed by atoms with Crippen molar-refractivity contribution in [2.75, 3.05) is 5.32 Å². The number of benzene rings is 2. The number of para-hydroxylation sites is 1. The van der Waals surface area contributed by atoms with Gasteiger partial charge in [0.2, 0.25) is 0 Å². The quantitative estimate of drug-likeness (QED) is 0.549. The normalized spacial score (nSPS) is 10.9. The van der Waals surface area contributed by atoms with Gasteiger partial charge in [-0.1, -0.05) is 36.4 Å². The molecule has 2 aromatic carbocycles. The third kappa shape index (κ3) is 3.59. The van der Waals surface area contributed by atoms with Crippen molar-refractivity contribution in [3.63, 3.8) is 0 Å². The van der Waals surface area contributed by atoms with E-state index in [1.165, 1.54) is 16.7 Å². The van der Waals surface area contributed by atoms with Crippen LogP contribution in [0.4, 0.5) is 10.1 Å². The smallest absolute Gasteiger partial charge is 0.265 e. The number of anilines is 1. The lowest BCUT2D eigenvalue weighted by Gasteiger charge is -2.14. The lowest BCUT2D eigenvalue weighted by atomic mass is 10.1. The molecule has 0 aliphatic carbocycles. The number of fused-ring (bicyclic) bond motifs is 1. The third-order valence-corrected chi connectivity index (χ3v) is 5.10. The summed E-state index contributed by atoms with van der Waals surface area (Å²) < 4.78 is 15.6. The molecular weight excluding hydrogens is 381 g/mol. The molecule has 2 aromatic heterocycles. The fourth-order valence-electron chi connectivity index (χ4n) is 3.51. The van der Waals surface area contributed by atoms with Gasteiger partial charge in [-0.3, -0.25) is 14.2 Å². The van der Waals surface area contributed by atoms with Gasteiger partial charge < -0.3 is 5.32 Å². The number of hydrogen-bond donors (Lipinski definition) is 1. The Morgan fingerprint density at radius 3 is 2.50 bits per heavy atom. The monoisotopic (exact) mass is 401 g/mol. The van der Waals surface area contributed by atoms with Crippen LogP contribution >= 0.6 is 0 Å². The molecule has 30 heavy (non-hydrogen) atoms. The number of aromatic nitrogens is 2. The van der Waals surface area contributed by atoms with Crippen molar-refractivity contribution >= 4 is 22.6 Å². The fraction of sp³-hybridized carbons (Fsp3) is 0.125. The van der Waals surface area contributed by atoms with Crippen molar-refractivity contribution < 1.29 is 9.18 Å². The highest BCUT2D eigenvalue weighted by atomic mass is 19.1. The SMILES string of the molecule is Cc1cccc(C)c1NC(=O)c1cc2cccnc2n(Cc2ccccc2F)c1=O. The molecule has 5 nitrogen and oxygen atoms in total. The maximum atomic E-state index is 14.2. The molecule has 0 bridgehead atoms. The Balaban J connectivity index is 1.83. The van der Waals surface area contributed by atoms with Crippen molar-refractivity contribution in [3.8, 4) is 0 Å². The van der Waals surface area contributed by atoms with Crippen LogP contribution in [0.1, 0.15) is 27.0 Å². The van der Waals surface area contributed by atoms with E-state index in [4.69, 9.17) is 0 Å². The lowest BCUT2D eigenvalue weighted by Crippen LogP contribution is -2.30. The first-order valence-corrected chi connectivity index (χ1v) is 9.55. The average molecular weight is 401 g/mol. The Hall–Kier alpha value is -3.80. The summed E-state index contributed by atoms with van der Waals surface area (Å²) in [5.74, 6) is -0.927. The van der Waals surface area contributed by atoms with E-state index in [0.29, 0.717) is 22.3 Å². The molecule has 4 rings (SSSR count). The second kappa shape index (κ2) is 7.91. The summed E-state index contributed by atoms with van der Waals surface area (Å²) in [5, 5.41) is 3.48. The van der Waals surface area contributed by atoms with E-state index in [1.807, 2.05) is 32.0 Å². The molecule has 0 saturated carbocycles. The maximum Gasteiger partial charge on any atom is 0.265 e. The van der Waals surface area contributed by atoms with Gasteiger partial charge >= 0.3 is 0 Å². The van der Waals surface area contributed by atoms with E-state index in [9.17, 15) is 14.0 Å². The second-order valence-electron chi connectivity index (χ2n) is 7.18. The van der Waals surface area contributed by atoms with Crippen molar-refractivity contribution in [3.05, 3.63) is 105 Å². The Morgan fingerprint density at radius 2 is 1.77 bits per heavy atom. The second-order valence-corrected chi connectivity index (χ2v) is 7.18. The molecule has 4 aromatic rings. The van der Waals surface area contributed by atoms with Crippen LogP contribution in [0.5, 0.6) is 0 Å². The standard InChI is InChI=1S/C24H20FN3O2/c1-15-7-5-8-16(2)21(15)27-23(29)19-13-17-10-6-12-26-22(17)28(24(19)30)14-18-9-3-4-11-20(18)25/h3-13H,14H2,1-2H3,(H,27,29). The van der Waals surface area contributed by atoms with Gasteiger partial charge in [-0.2, -0.15) is 0 Å². The van der Waals surface area contributed by atoms with Gasteiger partial charge in [0.15, 0.2) is 0 Å². The molecule has 1 N–H and O–H groups in total. The minimum atomic E-state index is -0.520. The first kappa shape index (κ1) is 19.5. The molecule has 0 spiro atoms. The number of nitrogens with zero attached hydrogens (tertiary/aromatic N) is 2. The third-order valence-electron chi connectivity index (χ3n) is 5.10. The summed E-state index contributed by atoms with van der Waals surface area (Å²) in [6.45, 7) is 3.76. The number of rotatable bonds is 4. The zero-order valence-corrected chi connectivity index (χ0v) is 16.6. The summed E-state index contributed by atoms with van der Waals surface area (Å²) in [6.07, 6.45) is 1.57. The molecule has 0 radical (unpaired) electrons. The Kier molecular flexibility index (Phi) is 5.14. The van der Waals surface area contributed by atoms with Crippen LogP contribution in [0.3, 0.4) is 0 Å². The van der Waals surface area contributed by atoms with Crippen LogP contribution in [-0.2, 0) is 6.54 Å². The molecule has 0 fully saturated rings. The summed E-state index contributed by atoms with van der Waals surface area (Å²) >= 11 is 0. The van der Waals surface area contributed by atoms with Gasteiger partial charge in [-0.25, -0.2) is 9.37 Å². The largest absolute Gasteiger partial charge is 0.321 e. The van der Waals surface area contributed by atoms with Gasteiger partial charge in [0.05, 0.1) is 6.54 Å². The van der Waals surface area contributed by atoms with Gasteiger partial charge in [0.1, 0.15) is 17.0 Å². The van der Waals surface area contributed by atoms with Crippen molar-refractivity contribution in [1.29, 1.82) is 0 Å². The predicted octanol–water partition coefficient (Wildman–Crippen LogP) is 4.45. The first-order valence-electron chi connectivity index (χ1n) is 9.55. The lowest BCUT2D eigenvalue weighted by molar-refractivity contribution is 0.102. The molecular formula is C24H20FN3O2. The average Bonchev–Trinajstić information content (AvgIpc) is 2.74. The predicted molar refractivity (Wildman–Crippen MR) is 115 cm³/mol. The molecule has 0 aliphatic rings. The Labute approximate surface area is 172 Å². The van der Waals surface area contributed by atoms with Gasteiger partial charge in [0, 0.05) is 22.8 Å². The summed E-state index contributed by atoms with van der Waals surface area (Å²) in [5.41, 5.74) is 2.68. The molecule has 0 unspecified atom stereocenters. The van der Waals surface area contributed by atoms with Crippen LogP contribution in [0.15, 0.2) is 71.7 Å².